The summed E-state index contributed by atoms with van der Waals surface area (Å²) in [6.45, 7) is 6.26. The molecule has 2 atom stereocenters. The number of para-hydroxylation sites is 1. The van der Waals surface area contributed by atoms with E-state index in [9.17, 15) is 19.7 Å². The maximum absolute atomic E-state index is 13.1. The molecule has 2 aromatic rings. The van der Waals surface area contributed by atoms with Crippen LogP contribution >= 0.6 is 0 Å². The minimum atomic E-state index is -2.42. The Morgan fingerprint density at radius 3 is 2.21 bits per heavy atom. The van der Waals surface area contributed by atoms with E-state index < -0.39 is 31.1 Å². The highest BCUT2D eigenvalue weighted by Gasteiger charge is 2.50. The molecule has 0 spiro atoms. The minimum absolute atomic E-state index is 0.0823. The summed E-state index contributed by atoms with van der Waals surface area (Å²) >= 11 is 0. The van der Waals surface area contributed by atoms with Crippen LogP contribution in [0.1, 0.15) is 24.9 Å². The fourth-order valence-electron chi connectivity index (χ4n) is 4.91. The van der Waals surface area contributed by atoms with Crippen LogP contribution in [0.5, 0.6) is 0 Å². The van der Waals surface area contributed by atoms with Crippen molar-refractivity contribution in [3.05, 3.63) is 81.2 Å². The second-order valence-electron chi connectivity index (χ2n) is 8.49. The van der Waals surface area contributed by atoms with Crippen LogP contribution in [0.25, 0.3) is 0 Å². The zero-order chi connectivity index (χ0) is 24.3. The summed E-state index contributed by atoms with van der Waals surface area (Å²) in [7, 11) is 0.136. The van der Waals surface area contributed by atoms with Gasteiger partial charge in [-0.15, -0.1) is 0 Å². The second kappa shape index (κ2) is 9.58. The molecule has 0 unspecified atom stereocenters. The van der Waals surface area contributed by atoms with Gasteiger partial charge < -0.3 is 9.47 Å². The van der Waals surface area contributed by atoms with E-state index in [0.29, 0.717) is 11.3 Å². The first kappa shape index (κ1) is 24.2. The van der Waals surface area contributed by atoms with Crippen molar-refractivity contribution < 1.29 is 24.0 Å². The van der Waals surface area contributed by atoms with Crippen LogP contribution in [0.4, 0.5) is 10.5 Å². The number of amides is 1. The third kappa shape index (κ3) is 4.41. The van der Waals surface area contributed by atoms with Gasteiger partial charge in [0.25, 0.3) is 5.69 Å². The Hall–Kier alpha value is -3.46. The predicted molar refractivity (Wildman–Crippen MR) is 126 cm³/mol. The Morgan fingerprint density at radius 2 is 1.64 bits per heavy atom. The summed E-state index contributed by atoms with van der Waals surface area (Å²) in [4.78, 5) is 38.3. The van der Waals surface area contributed by atoms with Gasteiger partial charge in [-0.1, -0.05) is 78.9 Å². The number of nitro groups is 1. The van der Waals surface area contributed by atoms with Crippen LogP contribution in [-0.2, 0) is 14.3 Å². The topological polar surface area (TPSA) is 99.0 Å². The molecule has 0 N–H and O–H groups in total. The molecule has 0 saturated heterocycles. The van der Waals surface area contributed by atoms with E-state index in [1.54, 1.807) is 18.2 Å². The Bertz CT molecular complexity index is 1100. The van der Waals surface area contributed by atoms with Crippen LogP contribution in [0, 0.1) is 16.0 Å². The van der Waals surface area contributed by atoms with Crippen LogP contribution in [0.2, 0.25) is 13.1 Å². The van der Waals surface area contributed by atoms with Crippen molar-refractivity contribution >= 4 is 31.0 Å². The van der Waals surface area contributed by atoms with Gasteiger partial charge in [0.2, 0.25) is 0 Å². The highest BCUT2D eigenvalue weighted by molar-refractivity contribution is 6.95. The smallest absolute Gasteiger partial charge is 0.414 e. The first-order valence-electron chi connectivity index (χ1n) is 10.6. The van der Waals surface area contributed by atoms with Gasteiger partial charge in [0.15, 0.2) is 0 Å². The normalized spacial score (nSPS) is 18.3. The molecule has 2 aromatic carbocycles. The number of esters is 1. The molecule has 33 heavy (non-hydrogen) atoms. The molecule has 0 saturated carbocycles. The van der Waals surface area contributed by atoms with Crippen molar-refractivity contribution in [1.29, 1.82) is 0 Å². The molecule has 3 rings (SSSR count). The van der Waals surface area contributed by atoms with E-state index >= 15 is 0 Å². The van der Waals surface area contributed by atoms with Crippen LogP contribution in [0.15, 0.2) is 65.5 Å². The van der Waals surface area contributed by atoms with Gasteiger partial charge in [0, 0.05) is 17.7 Å². The zero-order valence-electron chi connectivity index (χ0n) is 19.4. The summed E-state index contributed by atoms with van der Waals surface area (Å²) in [5.74, 6) is -0.781. The Balaban J connectivity index is 2.30. The molecule has 0 radical (unpaired) electrons. The first-order valence-corrected chi connectivity index (χ1v) is 13.6. The van der Waals surface area contributed by atoms with Crippen LogP contribution < -0.4 is 5.19 Å². The van der Waals surface area contributed by atoms with E-state index in [4.69, 9.17) is 9.47 Å². The first-order chi connectivity index (χ1) is 15.6. The maximum Gasteiger partial charge on any atom is 0.414 e. The number of methoxy groups -OCH3 is 2. The number of carbonyl (C=O) groups is 2. The number of nitrogens with zero attached hydrogens (tertiary/aromatic N) is 2. The molecule has 0 fully saturated rings. The molecule has 1 aliphatic rings. The molecule has 8 nitrogen and oxygen atoms in total. The Kier molecular flexibility index (Phi) is 7.02. The third-order valence-electron chi connectivity index (χ3n) is 6.34. The Labute approximate surface area is 194 Å². The van der Waals surface area contributed by atoms with Crippen molar-refractivity contribution in [2.45, 2.75) is 32.5 Å². The van der Waals surface area contributed by atoms with Gasteiger partial charge in [0.1, 0.15) is 8.07 Å². The van der Waals surface area contributed by atoms with Crippen molar-refractivity contribution in [3.63, 3.8) is 0 Å². The minimum Gasteiger partial charge on any atom is -0.469 e. The molecule has 1 aliphatic heterocycles. The summed E-state index contributed by atoms with van der Waals surface area (Å²) in [6.07, 6.45) is -0.803. The van der Waals surface area contributed by atoms with Gasteiger partial charge in [-0.05, 0) is 0 Å². The lowest BCUT2D eigenvalue weighted by Gasteiger charge is -2.30. The van der Waals surface area contributed by atoms with Gasteiger partial charge in [0.05, 0.1) is 37.2 Å². The average molecular weight is 469 g/mol. The Morgan fingerprint density at radius 1 is 1.03 bits per heavy atom. The second-order valence-corrected chi connectivity index (χ2v) is 12.9. The number of ether oxygens (including phenoxy) is 2. The summed E-state index contributed by atoms with van der Waals surface area (Å²) in [5.41, 5.74) is 0.821. The van der Waals surface area contributed by atoms with Gasteiger partial charge >= 0.3 is 12.1 Å². The number of hydrogen-bond donors (Lipinski definition) is 0. The lowest BCUT2D eigenvalue weighted by atomic mass is 9.94. The maximum atomic E-state index is 13.1. The predicted octanol–water partition coefficient (Wildman–Crippen LogP) is 4.33. The standard InChI is InChI=1S/C24H28N2O6Si/c1-16-22(18-13-9-10-14-19(18)26(29)30)25(24(28)32-3)20(15-21(27)31-2)23(16)33(4,5)17-11-7-6-8-12-17/h6-14,16,22H,15H2,1-5H3/t16-,22-/m0/s1. The van der Waals surface area contributed by atoms with Gasteiger partial charge in [-0.25, -0.2) is 4.79 Å². The number of hydrogen-bond acceptors (Lipinski definition) is 6. The highest BCUT2D eigenvalue weighted by Crippen LogP contribution is 2.50. The SMILES string of the molecule is COC(=O)CC1=C([Si](C)(C)c2ccccc2)[C@@H](C)[C@@H](c2ccccc2[N+](=O)[O-])N1C(=O)OC. The van der Waals surface area contributed by atoms with E-state index in [-0.39, 0.29) is 18.0 Å². The fraction of sp³-hybridized carbons (Fsp3) is 0.333. The summed E-state index contributed by atoms with van der Waals surface area (Å²) in [6, 6.07) is 15.6. The average Bonchev–Trinajstić information content (AvgIpc) is 3.10. The lowest BCUT2D eigenvalue weighted by molar-refractivity contribution is -0.386. The van der Waals surface area contributed by atoms with Gasteiger partial charge in [-0.3, -0.25) is 19.8 Å². The molecule has 0 bridgehead atoms. The number of rotatable bonds is 6. The lowest BCUT2D eigenvalue weighted by Crippen LogP contribution is -2.45. The fourth-order valence-corrected chi connectivity index (χ4v) is 8.47. The van der Waals surface area contributed by atoms with Gasteiger partial charge in [-0.2, -0.15) is 0 Å². The summed E-state index contributed by atoms with van der Waals surface area (Å²) in [5, 5.41) is 13.9. The third-order valence-corrected chi connectivity index (χ3v) is 10.2. The molecule has 1 amide bonds. The van der Waals surface area contributed by atoms with E-state index in [1.165, 1.54) is 25.2 Å². The molecule has 0 aromatic heterocycles. The number of nitro benzene ring substituents is 1. The van der Waals surface area contributed by atoms with E-state index in [1.807, 2.05) is 37.3 Å². The summed E-state index contributed by atoms with van der Waals surface area (Å²) < 4.78 is 10.0. The number of benzene rings is 2. The van der Waals surface area contributed by atoms with E-state index in [2.05, 4.69) is 13.1 Å². The monoisotopic (exact) mass is 468 g/mol. The van der Waals surface area contributed by atoms with Crippen LogP contribution in [0.3, 0.4) is 0 Å². The molecule has 9 heteroatoms. The molecule has 0 aliphatic carbocycles. The van der Waals surface area contributed by atoms with Crippen molar-refractivity contribution in [2.75, 3.05) is 14.2 Å². The quantitative estimate of drug-likeness (QED) is 0.271. The number of carbonyl (C=O) groups excluding carboxylic acids is 2. The molecular weight excluding hydrogens is 440 g/mol. The molecule has 1 heterocycles. The van der Waals surface area contributed by atoms with Crippen LogP contribution in [-0.4, -0.2) is 44.2 Å². The highest BCUT2D eigenvalue weighted by atomic mass is 28.3. The molecular formula is C24H28N2O6Si. The largest absolute Gasteiger partial charge is 0.469 e. The van der Waals surface area contributed by atoms with E-state index in [0.717, 1.165) is 10.4 Å². The zero-order valence-corrected chi connectivity index (χ0v) is 20.4. The van der Waals surface area contributed by atoms with Crippen molar-refractivity contribution in [1.82, 2.24) is 4.90 Å². The van der Waals surface area contributed by atoms with Crippen molar-refractivity contribution in [2.24, 2.45) is 5.92 Å². The van der Waals surface area contributed by atoms with Crippen molar-refractivity contribution in [3.8, 4) is 0 Å². The molecule has 174 valence electrons.